The van der Waals surface area contributed by atoms with Crippen LogP contribution >= 0.6 is 24.8 Å². The van der Waals surface area contributed by atoms with Gasteiger partial charge in [0.25, 0.3) is 5.91 Å². The number of ether oxygens (including phenoxy) is 1. The van der Waals surface area contributed by atoms with E-state index in [1.807, 2.05) is 6.92 Å². The number of carbonyl (C=O) groups excluding carboxylic acids is 1. The Morgan fingerprint density at radius 1 is 1.09 bits per heavy atom. The summed E-state index contributed by atoms with van der Waals surface area (Å²) in [5.74, 6) is -0.368. The molecule has 7 nitrogen and oxygen atoms in total. The average Bonchev–Trinajstić information content (AvgIpc) is 3.07. The Kier molecular flexibility index (Phi) is 10.1. The van der Waals surface area contributed by atoms with Gasteiger partial charge in [-0.15, -0.1) is 29.9 Å². The fourth-order valence-electron chi connectivity index (χ4n) is 3.84. The molecule has 0 spiro atoms. The van der Waals surface area contributed by atoms with E-state index in [0.29, 0.717) is 6.54 Å². The molecule has 0 saturated heterocycles. The number of nitrogens with two attached hydrogens (primary N) is 2. The topological polar surface area (TPSA) is 109 Å². The SMILES string of the molecule is Cc1ccc(-c2c(COc3nn(C)cc3C(N)=O)c(C)nc(CC(C)(C)C)c2CN)cc1.Cl.Cl. The normalized spacial score (nSPS) is 10.9. The maximum absolute atomic E-state index is 11.8. The van der Waals surface area contributed by atoms with Crippen LogP contribution in [0.1, 0.15) is 59.2 Å². The zero-order valence-electron chi connectivity index (χ0n) is 20.6. The Morgan fingerprint density at radius 2 is 1.71 bits per heavy atom. The second kappa shape index (κ2) is 11.7. The van der Waals surface area contributed by atoms with Crippen molar-refractivity contribution in [2.45, 2.75) is 54.2 Å². The monoisotopic (exact) mass is 507 g/mol. The van der Waals surface area contributed by atoms with Gasteiger partial charge in [-0.3, -0.25) is 14.5 Å². The van der Waals surface area contributed by atoms with Gasteiger partial charge >= 0.3 is 0 Å². The average molecular weight is 508 g/mol. The van der Waals surface area contributed by atoms with Crippen LogP contribution < -0.4 is 16.2 Å². The first kappa shape index (κ1) is 29.4. The van der Waals surface area contributed by atoms with Gasteiger partial charge < -0.3 is 16.2 Å². The Labute approximate surface area is 214 Å². The first-order chi connectivity index (χ1) is 15.0. The van der Waals surface area contributed by atoms with Crippen LogP contribution in [-0.2, 0) is 26.6 Å². The van der Waals surface area contributed by atoms with Crippen LogP contribution in [0.5, 0.6) is 5.88 Å². The number of pyridine rings is 1. The van der Waals surface area contributed by atoms with Crippen molar-refractivity contribution in [3.8, 4) is 17.0 Å². The molecule has 186 valence electrons. The van der Waals surface area contributed by atoms with E-state index in [0.717, 1.165) is 40.1 Å². The summed E-state index contributed by atoms with van der Waals surface area (Å²) in [5.41, 5.74) is 19.2. The minimum absolute atomic E-state index is 0. The Balaban J connectivity index is 0.00000289. The maximum atomic E-state index is 11.8. The van der Waals surface area contributed by atoms with Gasteiger partial charge in [-0.25, -0.2) is 0 Å². The van der Waals surface area contributed by atoms with Crippen molar-refractivity contribution in [3.63, 3.8) is 0 Å². The van der Waals surface area contributed by atoms with Crippen molar-refractivity contribution < 1.29 is 9.53 Å². The second-order valence-electron chi connectivity index (χ2n) is 9.46. The molecule has 0 radical (unpaired) electrons. The number of primary amides is 1. The number of halogens is 2. The largest absolute Gasteiger partial charge is 0.471 e. The number of hydrogen-bond donors (Lipinski definition) is 2. The highest BCUT2D eigenvalue weighted by Crippen LogP contribution is 2.34. The Morgan fingerprint density at radius 3 is 2.24 bits per heavy atom. The van der Waals surface area contributed by atoms with E-state index in [4.69, 9.17) is 21.2 Å². The molecule has 0 bridgehead atoms. The van der Waals surface area contributed by atoms with Gasteiger partial charge in [0.2, 0.25) is 5.88 Å². The number of aryl methyl sites for hydroxylation is 3. The molecule has 0 aliphatic carbocycles. The molecule has 1 aromatic carbocycles. The lowest BCUT2D eigenvalue weighted by molar-refractivity contribution is 0.0996. The van der Waals surface area contributed by atoms with Crippen LogP contribution in [0.25, 0.3) is 11.1 Å². The van der Waals surface area contributed by atoms with Crippen LogP contribution in [-0.4, -0.2) is 20.7 Å². The van der Waals surface area contributed by atoms with Crippen LogP contribution in [0.15, 0.2) is 30.5 Å². The van der Waals surface area contributed by atoms with Crippen LogP contribution in [0.2, 0.25) is 0 Å². The zero-order valence-corrected chi connectivity index (χ0v) is 22.3. The third-order valence-corrected chi connectivity index (χ3v) is 5.35. The van der Waals surface area contributed by atoms with Crippen molar-refractivity contribution in [2.24, 2.45) is 23.9 Å². The van der Waals surface area contributed by atoms with Crippen molar-refractivity contribution in [2.75, 3.05) is 0 Å². The second-order valence-corrected chi connectivity index (χ2v) is 9.46. The molecule has 3 aromatic rings. The molecule has 0 fully saturated rings. The summed E-state index contributed by atoms with van der Waals surface area (Å²) in [5, 5.41) is 4.25. The van der Waals surface area contributed by atoms with Crippen molar-refractivity contribution in [1.29, 1.82) is 0 Å². The van der Waals surface area contributed by atoms with E-state index >= 15 is 0 Å². The lowest BCUT2D eigenvalue weighted by Crippen LogP contribution is -2.18. The summed E-state index contributed by atoms with van der Waals surface area (Å²) in [6.07, 6.45) is 2.37. The molecule has 2 aromatic heterocycles. The number of amides is 1. The van der Waals surface area contributed by atoms with Gasteiger partial charge in [-0.05, 0) is 42.4 Å². The van der Waals surface area contributed by atoms with Crippen LogP contribution in [0.3, 0.4) is 0 Å². The predicted molar refractivity (Wildman–Crippen MR) is 141 cm³/mol. The standard InChI is InChI=1S/C25H33N5O2.2ClH/c1-15-7-9-17(10-8-15)22-18(12-26)21(11-25(3,4)5)28-16(2)20(22)14-32-24-19(23(27)31)13-30(6)29-24;;/h7-10,13H,11-12,14,26H2,1-6H3,(H2,27,31);2*1H. The van der Waals surface area contributed by atoms with E-state index in [1.54, 1.807) is 13.2 Å². The summed E-state index contributed by atoms with van der Waals surface area (Å²) in [6.45, 7) is 11.2. The number of rotatable bonds is 7. The van der Waals surface area contributed by atoms with Gasteiger partial charge in [0.05, 0.1) is 0 Å². The van der Waals surface area contributed by atoms with E-state index in [2.05, 4.69) is 57.1 Å². The minimum Gasteiger partial charge on any atom is -0.471 e. The number of hydrogen-bond acceptors (Lipinski definition) is 5. The van der Waals surface area contributed by atoms with E-state index < -0.39 is 5.91 Å². The zero-order chi connectivity index (χ0) is 23.6. The molecule has 0 aliphatic rings. The van der Waals surface area contributed by atoms with Crippen molar-refractivity contribution in [1.82, 2.24) is 14.8 Å². The van der Waals surface area contributed by atoms with Gasteiger partial charge in [-0.2, -0.15) is 0 Å². The molecule has 0 saturated carbocycles. The molecule has 2 heterocycles. The summed E-state index contributed by atoms with van der Waals surface area (Å²) < 4.78 is 7.51. The summed E-state index contributed by atoms with van der Waals surface area (Å²) in [4.78, 5) is 16.7. The van der Waals surface area contributed by atoms with Crippen LogP contribution in [0, 0.1) is 19.3 Å². The summed E-state index contributed by atoms with van der Waals surface area (Å²) >= 11 is 0. The van der Waals surface area contributed by atoms with E-state index in [1.165, 1.54) is 10.2 Å². The lowest BCUT2D eigenvalue weighted by atomic mass is 9.85. The quantitative estimate of drug-likeness (QED) is 0.482. The summed E-state index contributed by atoms with van der Waals surface area (Å²) in [7, 11) is 1.72. The fourth-order valence-corrected chi connectivity index (χ4v) is 3.84. The number of aromatic nitrogens is 3. The highest BCUT2D eigenvalue weighted by atomic mass is 35.5. The van der Waals surface area contributed by atoms with Crippen molar-refractivity contribution in [3.05, 3.63) is 64.1 Å². The van der Waals surface area contributed by atoms with Gasteiger partial charge in [0.1, 0.15) is 12.2 Å². The molecule has 1 amide bonds. The third kappa shape index (κ3) is 6.72. The molecule has 3 rings (SSSR count). The molecular weight excluding hydrogens is 473 g/mol. The molecule has 0 unspecified atom stereocenters. The third-order valence-electron chi connectivity index (χ3n) is 5.35. The smallest absolute Gasteiger partial charge is 0.255 e. The highest BCUT2D eigenvalue weighted by Gasteiger charge is 2.23. The number of benzene rings is 1. The Bertz CT molecular complexity index is 1140. The number of carbonyl (C=O) groups is 1. The first-order valence-corrected chi connectivity index (χ1v) is 10.7. The fraction of sp³-hybridized carbons (Fsp3) is 0.400. The minimum atomic E-state index is -0.579. The molecule has 0 aliphatic heterocycles. The van der Waals surface area contributed by atoms with Crippen LogP contribution in [0.4, 0.5) is 0 Å². The number of nitrogens with zero attached hydrogens (tertiary/aromatic N) is 3. The van der Waals surface area contributed by atoms with Gasteiger partial charge in [-0.1, -0.05) is 50.6 Å². The molecular formula is C25H35Cl2N5O2. The van der Waals surface area contributed by atoms with Gasteiger partial charge in [0, 0.05) is 36.7 Å². The highest BCUT2D eigenvalue weighted by molar-refractivity contribution is 5.94. The molecule has 9 heteroatoms. The van der Waals surface area contributed by atoms with E-state index in [-0.39, 0.29) is 48.3 Å². The summed E-state index contributed by atoms with van der Waals surface area (Å²) in [6, 6.07) is 8.37. The van der Waals surface area contributed by atoms with Gasteiger partial charge in [0.15, 0.2) is 0 Å². The lowest BCUT2D eigenvalue weighted by Gasteiger charge is -2.24. The molecule has 4 N–H and O–H groups in total. The van der Waals surface area contributed by atoms with E-state index in [9.17, 15) is 4.79 Å². The molecule has 34 heavy (non-hydrogen) atoms. The van der Waals surface area contributed by atoms with Crippen molar-refractivity contribution >= 4 is 30.7 Å². The maximum Gasteiger partial charge on any atom is 0.255 e. The first-order valence-electron chi connectivity index (χ1n) is 10.7. The molecule has 0 atom stereocenters. The Hall–Kier alpha value is -2.61. The predicted octanol–water partition coefficient (Wildman–Crippen LogP) is 4.67.